The van der Waals surface area contributed by atoms with Crippen molar-refractivity contribution in [2.45, 2.75) is 17.7 Å². The molecule has 1 atom stereocenters. The number of ether oxygens (including phenoxy) is 2. The van der Waals surface area contributed by atoms with E-state index < -0.39 is 10.0 Å². The molecule has 0 aliphatic carbocycles. The Morgan fingerprint density at radius 3 is 2.12 bits per heavy atom. The second kappa shape index (κ2) is 8.93. The standard InChI is InChI=1S/C26H25NO4S/c1-19-10-16-22(17-11-19)32(28,29)27-18-6-8-24(27)26(20-12-14-21(30-2)15-13-20)23-7-4-5-9-25(23)31-3/h4-18,26H,1-3H3. The monoisotopic (exact) mass is 447 g/mol. The fourth-order valence-corrected chi connectivity index (χ4v) is 5.24. The van der Waals surface area contributed by atoms with Crippen LogP contribution in [0, 0.1) is 6.92 Å². The molecule has 0 radical (unpaired) electrons. The Morgan fingerprint density at radius 2 is 1.47 bits per heavy atom. The first-order valence-electron chi connectivity index (χ1n) is 10.2. The van der Waals surface area contributed by atoms with Crippen molar-refractivity contribution in [3.8, 4) is 11.5 Å². The van der Waals surface area contributed by atoms with E-state index in [0.29, 0.717) is 11.4 Å². The molecule has 3 aromatic carbocycles. The van der Waals surface area contributed by atoms with Crippen LogP contribution < -0.4 is 9.47 Å². The van der Waals surface area contributed by atoms with E-state index in [-0.39, 0.29) is 10.8 Å². The first kappa shape index (κ1) is 21.7. The van der Waals surface area contributed by atoms with E-state index in [4.69, 9.17) is 9.47 Å². The summed E-state index contributed by atoms with van der Waals surface area (Å²) in [5, 5.41) is 0. The molecule has 0 aliphatic heterocycles. The zero-order valence-electron chi connectivity index (χ0n) is 18.2. The summed E-state index contributed by atoms with van der Waals surface area (Å²) in [6.07, 6.45) is 1.59. The van der Waals surface area contributed by atoms with Crippen molar-refractivity contribution >= 4 is 10.0 Å². The predicted molar refractivity (Wildman–Crippen MR) is 125 cm³/mol. The molecule has 164 valence electrons. The van der Waals surface area contributed by atoms with Gasteiger partial charge in [-0.05, 0) is 55.0 Å². The smallest absolute Gasteiger partial charge is 0.267 e. The summed E-state index contributed by atoms with van der Waals surface area (Å²) in [5.41, 5.74) is 3.43. The average Bonchev–Trinajstić information content (AvgIpc) is 3.31. The van der Waals surface area contributed by atoms with Crippen LogP contribution in [0.15, 0.2) is 96.0 Å². The molecular formula is C26H25NO4S. The lowest BCUT2D eigenvalue weighted by molar-refractivity contribution is 0.408. The van der Waals surface area contributed by atoms with E-state index in [9.17, 15) is 8.42 Å². The molecule has 4 aromatic rings. The van der Waals surface area contributed by atoms with Gasteiger partial charge in [0.05, 0.1) is 25.0 Å². The van der Waals surface area contributed by atoms with Crippen LogP contribution in [0.5, 0.6) is 11.5 Å². The summed E-state index contributed by atoms with van der Waals surface area (Å²) >= 11 is 0. The third-order valence-electron chi connectivity index (χ3n) is 5.52. The van der Waals surface area contributed by atoms with E-state index >= 15 is 0 Å². The second-order valence-corrected chi connectivity index (χ2v) is 9.31. The summed E-state index contributed by atoms with van der Waals surface area (Å²) in [6, 6.07) is 25.8. The molecule has 0 saturated carbocycles. The molecule has 1 heterocycles. The Bertz CT molecular complexity index is 1310. The molecule has 0 spiro atoms. The minimum absolute atomic E-state index is 0.244. The molecule has 32 heavy (non-hydrogen) atoms. The Hall–Kier alpha value is -3.51. The van der Waals surface area contributed by atoms with E-state index in [1.165, 1.54) is 3.97 Å². The van der Waals surface area contributed by atoms with Crippen molar-refractivity contribution in [1.29, 1.82) is 0 Å². The lowest BCUT2D eigenvalue weighted by Crippen LogP contribution is -2.18. The maximum Gasteiger partial charge on any atom is 0.267 e. The number of hydrogen-bond acceptors (Lipinski definition) is 4. The van der Waals surface area contributed by atoms with Gasteiger partial charge in [0.1, 0.15) is 11.5 Å². The maximum atomic E-state index is 13.6. The fraction of sp³-hybridized carbons (Fsp3) is 0.154. The zero-order valence-corrected chi connectivity index (χ0v) is 19.0. The number of nitrogens with zero attached hydrogens (tertiary/aromatic N) is 1. The van der Waals surface area contributed by atoms with Crippen molar-refractivity contribution < 1.29 is 17.9 Å². The van der Waals surface area contributed by atoms with Crippen molar-refractivity contribution in [3.63, 3.8) is 0 Å². The van der Waals surface area contributed by atoms with Gasteiger partial charge >= 0.3 is 0 Å². The summed E-state index contributed by atoms with van der Waals surface area (Å²) in [5.74, 6) is 1.05. The van der Waals surface area contributed by atoms with Crippen LogP contribution in [0.4, 0.5) is 0 Å². The second-order valence-electron chi connectivity index (χ2n) is 7.50. The van der Waals surface area contributed by atoms with Crippen LogP contribution in [0.1, 0.15) is 28.3 Å². The Labute approximate surface area is 188 Å². The molecule has 0 aliphatic rings. The highest BCUT2D eigenvalue weighted by Gasteiger charge is 2.28. The van der Waals surface area contributed by atoms with Gasteiger partial charge in [-0.2, -0.15) is 0 Å². The van der Waals surface area contributed by atoms with E-state index in [2.05, 4.69) is 0 Å². The number of rotatable bonds is 7. The molecule has 0 N–H and O–H groups in total. The topological polar surface area (TPSA) is 57.5 Å². The number of para-hydroxylation sites is 1. The van der Waals surface area contributed by atoms with Crippen LogP contribution in [-0.4, -0.2) is 26.6 Å². The zero-order chi connectivity index (χ0) is 22.7. The van der Waals surface area contributed by atoms with Gasteiger partial charge in [0.25, 0.3) is 10.0 Å². The van der Waals surface area contributed by atoms with Crippen LogP contribution in [0.3, 0.4) is 0 Å². The Kier molecular flexibility index (Phi) is 6.06. The molecule has 0 amide bonds. The van der Waals surface area contributed by atoms with Gasteiger partial charge in [-0.1, -0.05) is 48.0 Å². The van der Waals surface area contributed by atoms with E-state index in [0.717, 1.165) is 22.4 Å². The highest BCUT2D eigenvalue weighted by molar-refractivity contribution is 7.90. The largest absolute Gasteiger partial charge is 0.497 e. The fourth-order valence-electron chi connectivity index (χ4n) is 3.86. The first-order chi connectivity index (χ1) is 15.5. The lowest BCUT2D eigenvalue weighted by atomic mass is 9.88. The van der Waals surface area contributed by atoms with E-state index in [1.807, 2.05) is 61.5 Å². The highest BCUT2D eigenvalue weighted by Crippen LogP contribution is 2.38. The molecule has 0 fully saturated rings. The van der Waals surface area contributed by atoms with Gasteiger partial charge in [0.2, 0.25) is 0 Å². The van der Waals surface area contributed by atoms with Crippen molar-refractivity contribution in [3.05, 3.63) is 114 Å². The van der Waals surface area contributed by atoms with Gasteiger partial charge in [-0.15, -0.1) is 0 Å². The third kappa shape index (κ3) is 4.01. The van der Waals surface area contributed by atoms with Gasteiger partial charge in [-0.25, -0.2) is 12.4 Å². The molecular weight excluding hydrogens is 422 g/mol. The minimum Gasteiger partial charge on any atom is -0.497 e. The number of benzene rings is 3. The minimum atomic E-state index is -3.79. The predicted octanol–water partition coefficient (Wildman–Crippen LogP) is 5.23. The molecule has 5 nitrogen and oxygen atoms in total. The molecule has 1 unspecified atom stereocenters. The lowest BCUT2D eigenvalue weighted by Gasteiger charge is -2.23. The third-order valence-corrected chi connectivity index (χ3v) is 7.23. The van der Waals surface area contributed by atoms with Gasteiger partial charge in [-0.3, -0.25) is 0 Å². The Balaban J connectivity index is 1.92. The average molecular weight is 448 g/mol. The maximum absolute atomic E-state index is 13.6. The van der Waals surface area contributed by atoms with E-state index in [1.54, 1.807) is 50.7 Å². The normalized spacial score (nSPS) is 12.3. The van der Waals surface area contributed by atoms with Crippen LogP contribution in [0.2, 0.25) is 0 Å². The van der Waals surface area contributed by atoms with Crippen molar-refractivity contribution in [2.75, 3.05) is 14.2 Å². The highest BCUT2D eigenvalue weighted by atomic mass is 32.2. The summed E-state index contributed by atoms with van der Waals surface area (Å²) in [7, 11) is -0.551. The molecule has 6 heteroatoms. The van der Waals surface area contributed by atoms with Crippen molar-refractivity contribution in [1.82, 2.24) is 3.97 Å². The SMILES string of the molecule is COc1ccc(C(c2ccccc2OC)c2cccn2S(=O)(=O)c2ccc(C)cc2)cc1. The van der Waals surface area contributed by atoms with Gasteiger partial charge in [0.15, 0.2) is 0 Å². The molecule has 0 bridgehead atoms. The number of hydrogen-bond donors (Lipinski definition) is 0. The van der Waals surface area contributed by atoms with Crippen LogP contribution in [0.25, 0.3) is 0 Å². The first-order valence-corrected chi connectivity index (χ1v) is 11.7. The summed E-state index contributed by atoms with van der Waals surface area (Å²) in [4.78, 5) is 0.244. The quantitative estimate of drug-likeness (QED) is 0.389. The molecule has 1 aromatic heterocycles. The summed E-state index contributed by atoms with van der Waals surface area (Å²) in [6.45, 7) is 1.93. The Morgan fingerprint density at radius 1 is 0.781 bits per heavy atom. The van der Waals surface area contributed by atoms with Crippen LogP contribution in [-0.2, 0) is 10.0 Å². The number of methoxy groups -OCH3 is 2. The van der Waals surface area contributed by atoms with Gasteiger partial charge in [0, 0.05) is 17.5 Å². The molecule has 0 saturated heterocycles. The van der Waals surface area contributed by atoms with Gasteiger partial charge < -0.3 is 9.47 Å². The van der Waals surface area contributed by atoms with Crippen LogP contribution >= 0.6 is 0 Å². The summed E-state index contributed by atoms with van der Waals surface area (Å²) < 4.78 is 39.4. The number of aryl methyl sites for hydroxylation is 1. The van der Waals surface area contributed by atoms with Crippen molar-refractivity contribution in [2.24, 2.45) is 0 Å². The molecule has 4 rings (SSSR count). The number of aromatic nitrogens is 1.